The van der Waals surface area contributed by atoms with Gasteiger partial charge < -0.3 is 21.3 Å². The molecule has 0 bridgehead atoms. The largest absolute Gasteiger partial charge is 0.369 e. The van der Waals surface area contributed by atoms with Crippen molar-refractivity contribution in [2.75, 3.05) is 60.5 Å². The molecule has 3 heterocycles. The molecular weight excluding hydrogens is 481 g/mol. The van der Waals surface area contributed by atoms with Crippen molar-refractivity contribution in [2.24, 2.45) is 0 Å². The van der Waals surface area contributed by atoms with Crippen LogP contribution in [-0.2, 0) is 16.4 Å². The van der Waals surface area contributed by atoms with Gasteiger partial charge in [-0.3, -0.25) is 4.31 Å². The van der Waals surface area contributed by atoms with Crippen molar-refractivity contribution in [3.8, 4) is 11.3 Å². The summed E-state index contributed by atoms with van der Waals surface area (Å²) in [4.78, 5) is 13.3. The molecule has 0 atom stereocenters. The van der Waals surface area contributed by atoms with Gasteiger partial charge in [-0.1, -0.05) is 6.07 Å². The van der Waals surface area contributed by atoms with Crippen LogP contribution in [0.3, 0.4) is 0 Å². The summed E-state index contributed by atoms with van der Waals surface area (Å²) < 4.78 is 40.1. The van der Waals surface area contributed by atoms with Gasteiger partial charge in [-0.15, -0.1) is 0 Å². The minimum absolute atomic E-state index is 0. The monoisotopic (exact) mass is 513 g/mol. The second-order valence-corrected chi connectivity index (χ2v) is 11.1. The SMILES string of the molecule is Cc1cc(Nc2ncc(F)c(-c3ccc4c(c3)CCN4S(C)(=O)=O)n2)ccc1N1CCN(C)CC1.N. The highest BCUT2D eigenvalue weighted by Crippen LogP contribution is 2.34. The number of nitrogens with zero attached hydrogens (tertiary/aromatic N) is 5. The molecule has 4 N–H and O–H groups in total. The highest BCUT2D eigenvalue weighted by Gasteiger charge is 2.26. The van der Waals surface area contributed by atoms with E-state index in [-0.39, 0.29) is 11.8 Å². The summed E-state index contributed by atoms with van der Waals surface area (Å²) in [6.45, 7) is 6.55. The van der Waals surface area contributed by atoms with Crippen LogP contribution < -0.4 is 20.7 Å². The number of fused-ring (bicyclic) bond motifs is 1. The van der Waals surface area contributed by atoms with Gasteiger partial charge in [0.05, 0.1) is 18.1 Å². The van der Waals surface area contributed by atoms with E-state index in [0.29, 0.717) is 30.2 Å². The predicted molar refractivity (Wildman–Crippen MR) is 143 cm³/mol. The summed E-state index contributed by atoms with van der Waals surface area (Å²) in [6.07, 6.45) is 2.93. The van der Waals surface area contributed by atoms with E-state index in [2.05, 4.69) is 51.2 Å². The van der Waals surface area contributed by atoms with Gasteiger partial charge in [0.2, 0.25) is 16.0 Å². The van der Waals surface area contributed by atoms with Gasteiger partial charge in [0.15, 0.2) is 5.82 Å². The van der Waals surface area contributed by atoms with Crippen LogP contribution in [0.4, 0.5) is 27.4 Å². The number of aromatic nitrogens is 2. The van der Waals surface area contributed by atoms with Gasteiger partial charge in [-0.2, -0.15) is 0 Å². The average molecular weight is 514 g/mol. The molecule has 3 aromatic rings. The number of rotatable bonds is 5. The fourth-order valence-electron chi connectivity index (χ4n) is 4.76. The zero-order valence-electron chi connectivity index (χ0n) is 20.8. The first-order valence-corrected chi connectivity index (χ1v) is 13.5. The lowest BCUT2D eigenvalue weighted by Gasteiger charge is -2.35. The van der Waals surface area contributed by atoms with Gasteiger partial charge in [0.1, 0.15) is 5.69 Å². The first-order chi connectivity index (χ1) is 16.7. The Morgan fingerprint density at radius 1 is 1.00 bits per heavy atom. The third kappa shape index (κ3) is 5.13. The van der Waals surface area contributed by atoms with E-state index < -0.39 is 15.8 Å². The van der Waals surface area contributed by atoms with E-state index in [4.69, 9.17) is 0 Å². The van der Waals surface area contributed by atoms with E-state index in [1.165, 1.54) is 16.2 Å². The second-order valence-electron chi connectivity index (χ2n) is 9.24. The lowest BCUT2D eigenvalue weighted by molar-refractivity contribution is 0.312. The molecule has 2 aromatic carbocycles. The van der Waals surface area contributed by atoms with Crippen LogP contribution in [-0.4, -0.2) is 69.3 Å². The van der Waals surface area contributed by atoms with Crippen LogP contribution in [0.1, 0.15) is 11.1 Å². The Hall–Kier alpha value is -3.28. The molecule has 0 aliphatic carbocycles. The highest BCUT2D eigenvalue weighted by molar-refractivity contribution is 7.92. The maximum absolute atomic E-state index is 14.7. The summed E-state index contributed by atoms with van der Waals surface area (Å²) in [7, 11) is -1.20. The Labute approximate surface area is 211 Å². The average Bonchev–Trinajstić information content (AvgIpc) is 3.25. The van der Waals surface area contributed by atoms with Crippen molar-refractivity contribution in [2.45, 2.75) is 13.3 Å². The molecule has 1 aromatic heterocycles. The maximum atomic E-state index is 14.7. The van der Waals surface area contributed by atoms with Gasteiger partial charge in [0.25, 0.3) is 0 Å². The topological polar surface area (TPSA) is 117 Å². The molecule has 0 saturated carbocycles. The van der Waals surface area contributed by atoms with E-state index in [0.717, 1.165) is 49.2 Å². The van der Waals surface area contributed by atoms with Crippen molar-refractivity contribution in [3.05, 3.63) is 59.5 Å². The smallest absolute Gasteiger partial charge is 0.232 e. The van der Waals surface area contributed by atoms with Crippen LogP contribution >= 0.6 is 0 Å². The van der Waals surface area contributed by atoms with Crippen LogP contribution in [0.5, 0.6) is 0 Å². The van der Waals surface area contributed by atoms with E-state index in [9.17, 15) is 12.8 Å². The fraction of sp³-hybridized carbons (Fsp3) is 0.360. The van der Waals surface area contributed by atoms with Gasteiger partial charge in [0, 0.05) is 49.7 Å². The van der Waals surface area contributed by atoms with Crippen molar-refractivity contribution < 1.29 is 12.8 Å². The predicted octanol–water partition coefficient (Wildman–Crippen LogP) is 3.57. The zero-order chi connectivity index (χ0) is 24.7. The molecule has 0 radical (unpaired) electrons. The minimum Gasteiger partial charge on any atom is -0.369 e. The van der Waals surface area contributed by atoms with Crippen molar-refractivity contribution in [1.29, 1.82) is 0 Å². The number of halogens is 1. The Kier molecular flexibility index (Phi) is 7.17. The molecule has 36 heavy (non-hydrogen) atoms. The molecule has 0 amide bonds. The third-order valence-corrected chi connectivity index (χ3v) is 7.83. The number of piperazine rings is 1. The molecule has 2 aliphatic rings. The van der Waals surface area contributed by atoms with Crippen molar-refractivity contribution in [3.63, 3.8) is 0 Å². The molecule has 0 unspecified atom stereocenters. The van der Waals surface area contributed by atoms with E-state index >= 15 is 0 Å². The number of aryl methyl sites for hydroxylation is 1. The molecule has 5 rings (SSSR count). The number of anilines is 4. The number of hydrogen-bond donors (Lipinski definition) is 2. The molecule has 1 saturated heterocycles. The fourth-order valence-corrected chi connectivity index (χ4v) is 5.72. The zero-order valence-corrected chi connectivity index (χ0v) is 21.6. The van der Waals surface area contributed by atoms with Gasteiger partial charge in [-0.25, -0.2) is 22.8 Å². The number of sulfonamides is 1. The Morgan fingerprint density at radius 2 is 1.72 bits per heavy atom. The lowest BCUT2D eigenvalue weighted by Crippen LogP contribution is -2.44. The number of hydrogen-bond acceptors (Lipinski definition) is 8. The summed E-state index contributed by atoms with van der Waals surface area (Å²) >= 11 is 0. The molecule has 192 valence electrons. The van der Waals surface area contributed by atoms with Crippen molar-refractivity contribution >= 4 is 33.0 Å². The van der Waals surface area contributed by atoms with E-state index in [1.54, 1.807) is 12.1 Å². The van der Waals surface area contributed by atoms with Crippen molar-refractivity contribution in [1.82, 2.24) is 21.0 Å². The second kappa shape index (κ2) is 10.00. The van der Waals surface area contributed by atoms with Crippen LogP contribution in [0, 0.1) is 12.7 Å². The Balaban J connectivity index is 0.00000304. The molecule has 11 heteroatoms. The van der Waals surface area contributed by atoms with Gasteiger partial charge >= 0.3 is 0 Å². The van der Waals surface area contributed by atoms with Crippen LogP contribution in [0.2, 0.25) is 0 Å². The van der Waals surface area contributed by atoms with Crippen LogP contribution in [0.25, 0.3) is 11.3 Å². The number of nitrogens with one attached hydrogen (secondary N) is 1. The molecule has 0 spiro atoms. The summed E-state index contributed by atoms with van der Waals surface area (Å²) in [6, 6.07) is 11.4. The summed E-state index contributed by atoms with van der Waals surface area (Å²) in [5.41, 5.74) is 5.45. The molecule has 2 aliphatic heterocycles. The first-order valence-electron chi connectivity index (χ1n) is 11.6. The Morgan fingerprint density at radius 3 is 2.42 bits per heavy atom. The molecule has 9 nitrogen and oxygen atoms in total. The third-order valence-electron chi connectivity index (χ3n) is 6.65. The lowest BCUT2D eigenvalue weighted by atomic mass is 10.1. The number of likely N-dealkylation sites (N-methyl/N-ethyl adjacent to an activating group) is 1. The standard InChI is InChI=1S/C25H29FN6O2S.H3N/c1-17-14-20(5-7-22(17)31-12-10-30(2)11-13-31)28-25-27-16-21(26)24(29-25)19-4-6-23-18(15-19)8-9-32(23)35(3,33)34;/h4-7,14-16H,8-13H2,1-3H3,(H,27,28,29);1H3. The van der Waals surface area contributed by atoms with Gasteiger partial charge in [-0.05, 0) is 61.9 Å². The van der Waals surface area contributed by atoms with Crippen LogP contribution in [0.15, 0.2) is 42.6 Å². The summed E-state index contributed by atoms with van der Waals surface area (Å²) in [5.74, 6) is -0.235. The molecular formula is C25H32FN7O2S. The number of benzene rings is 2. The minimum atomic E-state index is -3.34. The first kappa shape index (κ1) is 25.8. The maximum Gasteiger partial charge on any atom is 0.232 e. The molecule has 1 fully saturated rings. The van der Waals surface area contributed by atoms with E-state index in [1.807, 2.05) is 12.1 Å². The Bertz CT molecular complexity index is 1370. The normalized spacial score (nSPS) is 16.0. The summed E-state index contributed by atoms with van der Waals surface area (Å²) in [5, 5.41) is 3.20. The quantitative estimate of drug-likeness (QED) is 0.532. The highest BCUT2D eigenvalue weighted by atomic mass is 32.2.